The van der Waals surface area contributed by atoms with Crippen molar-refractivity contribution in [3.63, 3.8) is 0 Å². The summed E-state index contributed by atoms with van der Waals surface area (Å²) < 4.78 is 46.9. The van der Waals surface area contributed by atoms with Crippen molar-refractivity contribution in [2.75, 3.05) is 43.4 Å². The van der Waals surface area contributed by atoms with Crippen molar-refractivity contribution in [1.29, 1.82) is 0 Å². The first-order chi connectivity index (χ1) is 16.7. The lowest BCUT2D eigenvalue weighted by Gasteiger charge is -2.27. The number of carbonyl (C=O) groups is 2. The second-order valence-corrected chi connectivity index (χ2v) is 8.09. The van der Waals surface area contributed by atoms with Crippen LogP contribution in [0.5, 0.6) is 11.5 Å². The van der Waals surface area contributed by atoms with E-state index in [1.54, 1.807) is 6.07 Å². The number of anilines is 2. The number of halogens is 3. The van der Waals surface area contributed by atoms with Crippen LogP contribution in [0.3, 0.4) is 0 Å². The van der Waals surface area contributed by atoms with Crippen molar-refractivity contribution < 1.29 is 33.7 Å². The molecule has 2 aliphatic heterocycles. The largest absolute Gasteiger partial charge is 0.573 e. The van der Waals surface area contributed by atoms with E-state index < -0.39 is 18.4 Å². The van der Waals surface area contributed by atoms with Gasteiger partial charge < -0.3 is 25.4 Å². The van der Waals surface area contributed by atoms with Crippen molar-refractivity contribution in [2.24, 2.45) is 0 Å². The number of piperazine rings is 1. The summed E-state index contributed by atoms with van der Waals surface area (Å²) >= 11 is 0. The normalized spacial score (nSPS) is 17.6. The molecule has 0 saturated carbocycles. The summed E-state index contributed by atoms with van der Waals surface area (Å²) in [6.45, 7) is 3.98. The molecule has 0 aromatic heterocycles. The molecule has 4 rings (SSSR count). The average Bonchev–Trinajstić information content (AvgIpc) is 2.79. The van der Waals surface area contributed by atoms with Gasteiger partial charge in [-0.25, -0.2) is 0 Å². The minimum atomic E-state index is -4.80. The fraction of sp³-hybridized carbons (Fsp3) is 0.333. The zero-order valence-corrected chi connectivity index (χ0v) is 18.8. The van der Waals surface area contributed by atoms with Crippen LogP contribution in [0.1, 0.15) is 12.6 Å². The first-order valence-corrected chi connectivity index (χ1v) is 10.9. The van der Waals surface area contributed by atoms with Crippen molar-refractivity contribution in [2.45, 2.75) is 19.4 Å². The Morgan fingerprint density at radius 2 is 2.11 bits per heavy atom. The zero-order valence-electron chi connectivity index (χ0n) is 18.8. The van der Waals surface area contributed by atoms with Crippen LogP contribution in [0.2, 0.25) is 0 Å². The summed E-state index contributed by atoms with van der Waals surface area (Å²) in [6.07, 6.45) is -5.71. The van der Waals surface area contributed by atoms with Crippen LogP contribution in [0, 0.1) is 18.8 Å². The third kappa shape index (κ3) is 6.58. The van der Waals surface area contributed by atoms with Gasteiger partial charge in [0.25, 0.3) is 5.91 Å². The standard InChI is InChI=1S/C24H23F3N4O4.H2/c1-15-4-6-18(16(11-15)3-2-9-31-10-8-28-22(32)14-31)30-23(33)21-13-29-19-12-17(35-24(25,26)27)5-7-20(19)34-21;/h4-7,11-12,21,29H,8-10,13-14H2,1H3,(H,28,32)(H,30,33);1H. The van der Waals surface area contributed by atoms with Crippen molar-refractivity contribution in [3.8, 4) is 23.3 Å². The Morgan fingerprint density at radius 1 is 1.29 bits per heavy atom. The Hall–Kier alpha value is -3.91. The Morgan fingerprint density at radius 3 is 2.89 bits per heavy atom. The van der Waals surface area contributed by atoms with Crippen LogP contribution in [-0.2, 0) is 9.59 Å². The number of amides is 2. The first-order valence-electron chi connectivity index (χ1n) is 10.9. The van der Waals surface area contributed by atoms with E-state index in [9.17, 15) is 22.8 Å². The maximum Gasteiger partial charge on any atom is 0.573 e. The average molecular weight is 490 g/mol. The smallest absolute Gasteiger partial charge is 0.477 e. The summed E-state index contributed by atoms with van der Waals surface area (Å²) in [6, 6.07) is 9.03. The maximum atomic E-state index is 12.9. The van der Waals surface area contributed by atoms with Gasteiger partial charge in [-0.1, -0.05) is 17.9 Å². The second-order valence-electron chi connectivity index (χ2n) is 8.09. The van der Waals surface area contributed by atoms with Crippen LogP contribution in [0.15, 0.2) is 36.4 Å². The summed E-state index contributed by atoms with van der Waals surface area (Å²) in [7, 11) is 0. The third-order valence-electron chi connectivity index (χ3n) is 5.30. The molecule has 1 saturated heterocycles. The van der Waals surface area contributed by atoms with Gasteiger partial charge >= 0.3 is 6.36 Å². The minimum absolute atomic E-state index is 0. The third-order valence-corrected chi connectivity index (χ3v) is 5.30. The Bertz CT molecular complexity index is 1200. The lowest BCUT2D eigenvalue weighted by Crippen LogP contribution is -2.47. The van der Waals surface area contributed by atoms with Crippen molar-refractivity contribution >= 4 is 23.2 Å². The van der Waals surface area contributed by atoms with E-state index in [4.69, 9.17) is 4.74 Å². The van der Waals surface area contributed by atoms with Gasteiger partial charge in [-0.05, 0) is 36.8 Å². The summed E-state index contributed by atoms with van der Waals surface area (Å²) in [4.78, 5) is 26.3. The van der Waals surface area contributed by atoms with Crippen LogP contribution in [-0.4, -0.2) is 61.9 Å². The summed E-state index contributed by atoms with van der Waals surface area (Å²) in [5, 5.41) is 8.49. The molecule has 0 bridgehead atoms. The van der Waals surface area contributed by atoms with E-state index in [2.05, 4.69) is 32.5 Å². The number of fused-ring (bicyclic) bond motifs is 1. The number of alkyl halides is 3. The van der Waals surface area contributed by atoms with Gasteiger partial charge in [-0.2, -0.15) is 0 Å². The van der Waals surface area contributed by atoms with E-state index in [0.29, 0.717) is 36.6 Å². The molecule has 35 heavy (non-hydrogen) atoms. The molecule has 0 radical (unpaired) electrons. The number of hydrogen-bond donors (Lipinski definition) is 3. The number of hydrogen-bond acceptors (Lipinski definition) is 6. The van der Waals surface area contributed by atoms with Crippen molar-refractivity contribution in [3.05, 3.63) is 47.5 Å². The molecule has 1 atom stereocenters. The zero-order chi connectivity index (χ0) is 25.0. The molecule has 2 amide bonds. The Balaban J connectivity index is 0.00000361. The minimum Gasteiger partial charge on any atom is -0.477 e. The van der Waals surface area contributed by atoms with Gasteiger partial charge in [0, 0.05) is 26.1 Å². The molecule has 2 aliphatic rings. The van der Waals surface area contributed by atoms with E-state index in [1.165, 1.54) is 6.07 Å². The highest BCUT2D eigenvalue weighted by atomic mass is 19.4. The number of rotatable bonds is 4. The fourth-order valence-corrected chi connectivity index (χ4v) is 3.65. The highest BCUT2D eigenvalue weighted by molar-refractivity contribution is 5.96. The molecule has 3 N–H and O–H groups in total. The highest BCUT2D eigenvalue weighted by Crippen LogP contribution is 2.35. The van der Waals surface area contributed by atoms with E-state index in [1.807, 2.05) is 24.0 Å². The molecule has 0 aliphatic carbocycles. The first kappa shape index (κ1) is 24.2. The molecule has 186 valence electrons. The van der Waals surface area contributed by atoms with Gasteiger partial charge in [0.15, 0.2) is 6.10 Å². The number of carbonyl (C=O) groups excluding carboxylic acids is 2. The fourth-order valence-electron chi connectivity index (χ4n) is 3.65. The van der Waals surface area contributed by atoms with Crippen LogP contribution in [0.4, 0.5) is 24.5 Å². The number of ether oxygens (including phenoxy) is 2. The predicted molar refractivity (Wildman–Crippen MR) is 124 cm³/mol. The molecule has 2 aromatic rings. The van der Waals surface area contributed by atoms with Gasteiger partial charge in [0.2, 0.25) is 5.91 Å². The quantitative estimate of drug-likeness (QED) is 0.571. The van der Waals surface area contributed by atoms with Crippen LogP contribution in [0.25, 0.3) is 0 Å². The van der Waals surface area contributed by atoms with Crippen LogP contribution < -0.4 is 25.4 Å². The van der Waals surface area contributed by atoms with Crippen LogP contribution >= 0.6 is 0 Å². The number of aryl methyl sites for hydroxylation is 1. The number of benzene rings is 2. The Kier molecular flexibility index (Phi) is 7.02. The van der Waals surface area contributed by atoms with E-state index >= 15 is 0 Å². The summed E-state index contributed by atoms with van der Waals surface area (Å²) in [5.41, 5.74) is 2.39. The molecular formula is C24H25F3N4O4. The molecule has 8 nitrogen and oxygen atoms in total. The monoisotopic (exact) mass is 490 g/mol. The molecule has 2 heterocycles. The van der Waals surface area contributed by atoms with Crippen molar-refractivity contribution in [1.82, 2.24) is 10.2 Å². The maximum absolute atomic E-state index is 12.9. The SMILES string of the molecule is Cc1ccc(NC(=O)C2CNc3cc(OC(F)(F)F)ccc3O2)c(C#CCN2CCNC(=O)C2)c1.[HH]. The lowest BCUT2D eigenvalue weighted by molar-refractivity contribution is -0.274. The van der Waals surface area contributed by atoms with Gasteiger partial charge in [-0.3, -0.25) is 14.5 Å². The second kappa shape index (κ2) is 10.1. The molecule has 2 aromatic carbocycles. The lowest BCUT2D eigenvalue weighted by atomic mass is 10.1. The molecule has 1 fully saturated rings. The van der Waals surface area contributed by atoms with Gasteiger partial charge in [0.05, 0.1) is 31.0 Å². The topological polar surface area (TPSA) is 91.9 Å². The molecule has 0 spiro atoms. The van der Waals surface area contributed by atoms with E-state index in [0.717, 1.165) is 24.2 Å². The molecular weight excluding hydrogens is 465 g/mol. The van der Waals surface area contributed by atoms with Gasteiger partial charge in [-0.15, -0.1) is 13.2 Å². The summed E-state index contributed by atoms with van der Waals surface area (Å²) in [5.74, 6) is 5.51. The highest BCUT2D eigenvalue weighted by Gasteiger charge is 2.32. The van der Waals surface area contributed by atoms with E-state index in [-0.39, 0.29) is 25.4 Å². The number of nitrogens with zero attached hydrogens (tertiary/aromatic N) is 1. The molecule has 11 heteroatoms. The molecule has 1 unspecified atom stereocenters. The van der Waals surface area contributed by atoms with Gasteiger partial charge in [0.1, 0.15) is 11.5 Å². The number of nitrogens with one attached hydrogen (secondary N) is 3. The Labute approximate surface area is 201 Å². The predicted octanol–water partition coefficient (Wildman–Crippen LogP) is 2.73.